The van der Waals surface area contributed by atoms with Gasteiger partial charge in [-0.05, 0) is 30.2 Å². The van der Waals surface area contributed by atoms with E-state index in [4.69, 9.17) is 9.47 Å². The molecular formula is C22H27N2O3+. The molecule has 1 unspecified atom stereocenters. The van der Waals surface area contributed by atoms with Crippen LogP contribution in [0, 0.1) is 0 Å². The van der Waals surface area contributed by atoms with Crippen molar-refractivity contribution in [3.63, 3.8) is 0 Å². The van der Waals surface area contributed by atoms with Gasteiger partial charge in [-0.2, -0.15) is 0 Å². The summed E-state index contributed by atoms with van der Waals surface area (Å²) in [5.74, 6) is 1.78. The Balaban J connectivity index is 1.32. The average molecular weight is 367 g/mol. The zero-order valence-corrected chi connectivity index (χ0v) is 15.6. The lowest BCUT2D eigenvalue weighted by atomic mass is 10.0. The van der Waals surface area contributed by atoms with Crippen molar-refractivity contribution < 1.29 is 19.2 Å². The molecular weight excluding hydrogens is 340 g/mol. The third-order valence-corrected chi connectivity index (χ3v) is 5.42. The first-order valence-corrected chi connectivity index (χ1v) is 9.84. The number of ether oxygens (including phenoxy) is 2. The molecule has 2 aromatic rings. The molecule has 5 heteroatoms. The second-order valence-electron chi connectivity index (χ2n) is 7.27. The molecule has 0 bridgehead atoms. The summed E-state index contributed by atoms with van der Waals surface area (Å²) in [6.07, 6.45) is 3.12. The van der Waals surface area contributed by atoms with Crippen LogP contribution in [0.2, 0.25) is 0 Å². The first-order chi connectivity index (χ1) is 13.3. The number of hydrogen-bond donors (Lipinski definition) is 2. The van der Waals surface area contributed by atoms with E-state index >= 15 is 0 Å². The molecule has 1 amide bonds. The summed E-state index contributed by atoms with van der Waals surface area (Å²) < 4.78 is 11.3. The Morgan fingerprint density at radius 1 is 1.07 bits per heavy atom. The van der Waals surface area contributed by atoms with Gasteiger partial charge in [0.2, 0.25) is 0 Å². The Kier molecular flexibility index (Phi) is 5.58. The SMILES string of the molecule is O=C(C[NH+]1CCC[C@H]1c1ccc2c(c1)OCCO2)NCCc1ccccc1. The Hall–Kier alpha value is -2.53. The van der Waals surface area contributed by atoms with Gasteiger partial charge in [0.05, 0.1) is 6.54 Å². The maximum atomic E-state index is 12.4. The summed E-state index contributed by atoms with van der Waals surface area (Å²) in [5.41, 5.74) is 2.49. The number of nitrogens with one attached hydrogen (secondary N) is 2. The van der Waals surface area contributed by atoms with Crippen LogP contribution in [-0.2, 0) is 11.2 Å². The van der Waals surface area contributed by atoms with Crippen LogP contribution >= 0.6 is 0 Å². The van der Waals surface area contributed by atoms with Gasteiger partial charge < -0.3 is 19.7 Å². The van der Waals surface area contributed by atoms with Gasteiger partial charge in [-0.15, -0.1) is 0 Å². The van der Waals surface area contributed by atoms with Crippen molar-refractivity contribution in [2.45, 2.75) is 25.3 Å². The highest BCUT2D eigenvalue weighted by Gasteiger charge is 2.32. The van der Waals surface area contributed by atoms with E-state index < -0.39 is 0 Å². The van der Waals surface area contributed by atoms with Crippen LogP contribution in [0.15, 0.2) is 48.5 Å². The van der Waals surface area contributed by atoms with Crippen molar-refractivity contribution in [2.24, 2.45) is 0 Å². The fourth-order valence-electron chi connectivity index (χ4n) is 4.06. The van der Waals surface area contributed by atoms with E-state index in [1.807, 2.05) is 24.3 Å². The van der Waals surface area contributed by atoms with Gasteiger partial charge in [0, 0.05) is 24.9 Å². The number of hydrogen-bond acceptors (Lipinski definition) is 3. The molecule has 2 aliphatic rings. The molecule has 2 atom stereocenters. The first-order valence-electron chi connectivity index (χ1n) is 9.84. The highest BCUT2D eigenvalue weighted by atomic mass is 16.6. The number of fused-ring (bicyclic) bond motifs is 1. The van der Waals surface area contributed by atoms with Crippen molar-refractivity contribution in [3.05, 3.63) is 59.7 Å². The fraction of sp³-hybridized carbons (Fsp3) is 0.409. The van der Waals surface area contributed by atoms with Gasteiger partial charge in [0.15, 0.2) is 18.0 Å². The van der Waals surface area contributed by atoms with Gasteiger partial charge in [0.1, 0.15) is 19.3 Å². The minimum Gasteiger partial charge on any atom is -0.486 e. The Morgan fingerprint density at radius 2 is 1.89 bits per heavy atom. The average Bonchev–Trinajstić information content (AvgIpc) is 3.16. The summed E-state index contributed by atoms with van der Waals surface area (Å²) >= 11 is 0. The highest BCUT2D eigenvalue weighted by molar-refractivity contribution is 5.76. The molecule has 0 aromatic heterocycles. The lowest BCUT2D eigenvalue weighted by Gasteiger charge is -2.24. The molecule has 142 valence electrons. The van der Waals surface area contributed by atoms with E-state index in [1.54, 1.807) is 0 Å². The molecule has 2 aromatic carbocycles. The van der Waals surface area contributed by atoms with Gasteiger partial charge in [0.25, 0.3) is 5.91 Å². The predicted octanol–water partition coefficient (Wildman–Crippen LogP) is 1.54. The highest BCUT2D eigenvalue weighted by Crippen LogP contribution is 2.33. The second kappa shape index (κ2) is 8.44. The Morgan fingerprint density at radius 3 is 2.74 bits per heavy atom. The maximum absolute atomic E-state index is 12.4. The van der Waals surface area contributed by atoms with Gasteiger partial charge in [-0.3, -0.25) is 4.79 Å². The summed E-state index contributed by atoms with van der Waals surface area (Å²) in [7, 11) is 0. The molecule has 4 rings (SSSR count). The monoisotopic (exact) mass is 367 g/mol. The lowest BCUT2D eigenvalue weighted by Crippen LogP contribution is -3.11. The Labute approximate surface area is 160 Å². The minimum absolute atomic E-state index is 0.130. The summed E-state index contributed by atoms with van der Waals surface area (Å²) in [6, 6.07) is 16.8. The normalized spacial score (nSPS) is 21.0. The molecule has 1 saturated heterocycles. The van der Waals surface area contributed by atoms with Crippen molar-refractivity contribution in [3.8, 4) is 11.5 Å². The number of benzene rings is 2. The van der Waals surface area contributed by atoms with E-state index in [0.717, 1.165) is 37.3 Å². The van der Waals surface area contributed by atoms with E-state index in [9.17, 15) is 4.79 Å². The third-order valence-electron chi connectivity index (χ3n) is 5.42. The molecule has 27 heavy (non-hydrogen) atoms. The van der Waals surface area contributed by atoms with Crippen molar-refractivity contribution in [2.75, 3.05) is 32.8 Å². The molecule has 2 aliphatic heterocycles. The number of carbonyl (C=O) groups is 1. The fourth-order valence-corrected chi connectivity index (χ4v) is 4.06. The number of quaternary nitrogens is 1. The van der Waals surface area contributed by atoms with E-state index in [2.05, 4.69) is 29.6 Å². The molecule has 5 nitrogen and oxygen atoms in total. The van der Waals surface area contributed by atoms with Gasteiger partial charge in [-0.1, -0.05) is 30.3 Å². The maximum Gasteiger partial charge on any atom is 0.275 e. The van der Waals surface area contributed by atoms with Crippen molar-refractivity contribution in [1.82, 2.24) is 5.32 Å². The molecule has 0 spiro atoms. The van der Waals surface area contributed by atoms with Crippen LogP contribution in [0.1, 0.15) is 30.0 Å². The van der Waals surface area contributed by atoms with Crippen LogP contribution < -0.4 is 19.7 Å². The van der Waals surface area contributed by atoms with Crippen LogP contribution in [-0.4, -0.2) is 38.8 Å². The number of carbonyl (C=O) groups excluding carboxylic acids is 1. The molecule has 0 saturated carbocycles. The summed E-state index contributed by atoms with van der Waals surface area (Å²) in [6.45, 7) is 3.45. The topological polar surface area (TPSA) is 52.0 Å². The zero-order chi connectivity index (χ0) is 18.5. The quantitative estimate of drug-likeness (QED) is 0.814. The first kappa shape index (κ1) is 17.9. The van der Waals surface area contributed by atoms with Crippen LogP contribution in [0.4, 0.5) is 0 Å². The summed E-state index contributed by atoms with van der Waals surface area (Å²) in [4.78, 5) is 13.8. The number of likely N-dealkylation sites (tertiary alicyclic amines) is 1. The summed E-state index contributed by atoms with van der Waals surface area (Å²) in [5, 5.41) is 3.08. The standard InChI is InChI=1S/C22H26N2O3/c25-22(23-11-10-17-5-2-1-3-6-17)16-24-12-4-7-19(24)18-8-9-20-21(15-18)27-14-13-26-20/h1-3,5-6,8-9,15,19H,4,7,10-14,16H2,(H,23,25)/p+1/t19-/m0/s1. The predicted molar refractivity (Wildman–Crippen MR) is 103 cm³/mol. The molecule has 1 fully saturated rings. The largest absolute Gasteiger partial charge is 0.486 e. The molecule has 0 aliphatic carbocycles. The van der Waals surface area contributed by atoms with Crippen LogP contribution in [0.5, 0.6) is 11.5 Å². The second-order valence-corrected chi connectivity index (χ2v) is 7.27. The van der Waals surface area contributed by atoms with Gasteiger partial charge in [-0.25, -0.2) is 0 Å². The van der Waals surface area contributed by atoms with E-state index in [0.29, 0.717) is 32.3 Å². The minimum atomic E-state index is 0.130. The van der Waals surface area contributed by atoms with Gasteiger partial charge >= 0.3 is 0 Å². The number of amides is 1. The lowest BCUT2D eigenvalue weighted by molar-refractivity contribution is -0.910. The Bertz CT molecular complexity index is 778. The van der Waals surface area contributed by atoms with E-state index in [-0.39, 0.29) is 5.91 Å². The molecule has 0 radical (unpaired) electrons. The third kappa shape index (κ3) is 4.42. The zero-order valence-electron chi connectivity index (χ0n) is 15.6. The van der Waals surface area contributed by atoms with Crippen molar-refractivity contribution >= 4 is 5.91 Å². The van der Waals surface area contributed by atoms with Crippen molar-refractivity contribution in [1.29, 1.82) is 0 Å². The number of rotatable bonds is 6. The van der Waals surface area contributed by atoms with E-state index in [1.165, 1.54) is 16.0 Å². The smallest absolute Gasteiger partial charge is 0.275 e. The molecule has 2 heterocycles. The van der Waals surface area contributed by atoms with Crippen LogP contribution in [0.3, 0.4) is 0 Å². The molecule has 2 N–H and O–H groups in total. The van der Waals surface area contributed by atoms with Crippen LogP contribution in [0.25, 0.3) is 0 Å².